The Morgan fingerprint density at radius 2 is 1.36 bits per heavy atom. The van der Waals surface area contributed by atoms with E-state index in [1.165, 1.54) is 44.8 Å². The molecule has 4 aliphatic rings. The molecule has 1 fully saturated rings. The first-order valence-electron chi connectivity index (χ1n) is 11.9. The number of para-hydroxylation sites is 3. The molecule has 33 heavy (non-hydrogen) atoms. The van der Waals surface area contributed by atoms with Gasteiger partial charge >= 0.3 is 0 Å². The summed E-state index contributed by atoms with van der Waals surface area (Å²) in [6.07, 6.45) is 4.84. The van der Waals surface area contributed by atoms with E-state index in [1.54, 1.807) is 0 Å². The zero-order chi connectivity index (χ0) is 21.8. The second-order valence-electron chi connectivity index (χ2n) is 9.84. The molecule has 3 aliphatic heterocycles. The molecule has 0 aromatic heterocycles. The SMILES string of the molecule is Bc1ccc2c(c1)C1(c3ccccc3N(c3ccccc3)c3ccccc31)C1N3CC=CC213. The Kier molecular flexibility index (Phi) is 3.19. The first kappa shape index (κ1) is 17.9. The monoisotopic (exact) mass is 422 g/mol. The number of rotatable bonds is 1. The molecule has 1 saturated heterocycles. The van der Waals surface area contributed by atoms with Crippen LogP contribution in [0.5, 0.6) is 0 Å². The van der Waals surface area contributed by atoms with E-state index in [-0.39, 0.29) is 11.0 Å². The maximum Gasteiger partial charge on any atom is 0.139 e. The zero-order valence-electron chi connectivity index (χ0n) is 18.6. The van der Waals surface area contributed by atoms with Crippen molar-refractivity contribution in [1.82, 2.24) is 4.90 Å². The number of anilines is 3. The molecule has 4 aromatic carbocycles. The molecule has 0 amide bonds. The van der Waals surface area contributed by atoms with Crippen molar-refractivity contribution in [1.29, 1.82) is 0 Å². The molecule has 0 saturated carbocycles. The second kappa shape index (κ2) is 5.86. The minimum absolute atomic E-state index is 0.0399. The van der Waals surface area contributed by atoms with E-state index in [0.717, 1.165) is 6.54 Å². The van der Waals surface area contributed by atoms with E-state index in [0.29, 0.717) is 6.04 Å². The van der Waals surface area contributed by atoms with E-state index in [1.807, 2.05) is 0 Å². The Hall–Kier alpha value is -3.56. The molecule has 3 atom stereocenters. The normalized spacial score (nSPS) is 26.4. The van der Waals surface area contributed by atoms with Crippen LogP contribution in [0.3, 0.4) is 0 Å². The predicted octanol–water partition coefficient (Wildman–Crippen LogP) is 4.53. The van der Waals surface area contributed by atoms with Crippen molar-refractivity contribution in [2.75, 3.05) is 11.4 Å². The van der Waals surface area contributed by atoms with Crippen LogP contribution in [0.2, 0.25) is 0 Å². The molecular weight excluding hydrogens is 399 g/mol. The van der Waals surface area contributed by atoms with Crippen LogP contribution in [0.15, 0.2) is 109 Å². The molecule has 0 N–H and O–H groups in total. The lowest BCUT2D eigenvalue weighted by Crippen LogP contribution is -2.42. The van der Waals surface area contributed by atoms with Gasteiger partial charge in [0.1, 0.15) is 7.85 Å². The molecule has 2 spiro atoms. The molecule has 3 unspecified atom stereocenters. The van der Waals surface area contributed by atoms with E-state index in [2.05, 4.69) is 127 Å². The van der Waals surface area contributed by atoms with E-state index >= 15 is 0 Å². The standard InChI is InChI=1S/C30H23BN2/c31-20-15-16-22-25(19-20)30(28-29(22)17-8-18-32(28)29)23-11-4-6-13-26(23)33(21-9-2-1-3-10-21)27-14-7-5-12-24(27)30/h1-17,19,28H,18,31H2. The van der Waals surface area contributed by atoms with Gasteiger partial charge < -0.3 is 4.90 Å². The number of fused-ring (bicyclic) bond motifs is 8. The molecule has 4 aromatic rings. The second-order valence-corrected chi connectivity index (χ2v) is 9.84. The lowest BCUT2D eigenvalue weighted by atomic mass is 9.65. The lowest BCUT2D eigenvalue weighted by molar-refractivity contribution is 0.444. The quantitative estimate of drug-likeness (QED) is 0.253. The van der Waals surface area contributed by atoms with E-state index < -0.39 is 0 Å². The lowest BCUT2D eigenvalue weighted by Gasteiger charge is -2.45. The van der Waals surface area contributed by atoms with Crippen LogP contribution >= 0.6 is 0 Å². The van der Waals surface area contributed by atoms with Crippen molar-refractivity contribution in [2.24, 2.45) is 0 Å². The summed E-state index contributed by atoms with van der Waals surface area (Å²) in [5.74, 6) is 0. The van der Waals surface area contributed by atoms with Crippen LogP contribution in [0.1, 0.15) is 22.3 Å². The molecule has 0 bridgehead atoms. The summed E-state index contributed by atoms with van der Waals surface area (Å²) in [5, 5.41) is 0. The number of hydrogen-bond donors (Lipinski definition) is 0. The Labute approximate surface area is 195 Å². The minimum atomic E-state index is -0.176. The molecule has 8 rings (SSSR count). The first-order chi connectivity index (χ1) is 16.3. The maximum absolute atomic E-state index is 2.70. The van der Waals surface area contributed by atoms with Gasteiger partial charge in [0.05, 0.1) is 28.4 Å². The fourth-order valence-corrected chi connectivity index (χ4v) is 7.31. The average molecular weight is 422 g/mol. The van der Waals surface area contributed by atoms with Crippen molar-refractivity contribution in [2.45, 2.75) is 17.0 Å². The van der Waals surface area contributed by atoms with Crippen LogP contribution in [-0.2, 0) is 11.0 Å². The van der Waals surface area contributed by atoms with Gasteiger partial charge in [-0.05, 0) is 46.5 Å². The predicted molar refractivity (Wildman–Crippen MR) is 137 cm³/mol. The van der Waals surface area contributed by atoms with Gasteiger partial charge in [-0.3, -0.25) is 4.90 Å². The Balaban J connectivity index is 1.52. The first-order valence-corrected chi connectivity index (χ1v) is 11.9. The highest BCUT2D eigenvalue weighted by molar-refractivity contribution is 6.32. The Bertz CT molecular complexity index is 1440. The van der Waals surface area contributed by atoms with E-state index in [9.17, 15) is 0 Å². The molecule has 2 nitrogen and oxygen atoms in total. The van der Waals surface area contributed by atoms with Crippen LogP contribution < -0.4 is 10.4 Å². The highest BCUT2D eigenvalue weighted by Crippen LogP contribution is 2.73. The van der Waals surface area contributed by atoms with Gasteiger partial charge in [-0.2, -0.15) is 0 Å². The van der Waals surface area contributed by atoms with Crippen molar-refractivity contribution >= 4 is 30.4 Å². The maximum atomic E-state index is 2.70. The summed E-state index contributed by atoms with van der Waals surface area (Å²) in [7, 11) is 2.23. The smallest absolute Gasteiger partial charge is 0.139 e. The van der Waals surface area contributed by atoms with Crippen LogP contribution in [-0.4, -0.2) is 25.3 Å². The molecule has 1 aliphatic carbocycles. The summed E-state index contributed by atoms with van der Waals surface area (Å²) in [6.45, 7) is 1.03. The van der Waals surface area contributed by atoms with Gasteiger partial charge in [-0.1, -0.05) is 90.4 Å². The van der Waals surface area contributed by atoms with Crippen LogP contribution in [0.25, 0.3) is 0 Å². The summed E-state index contributed by atoms with van der Waals surface area (Å²) < 4.78 is 0. The third-order valence-electron chi connectivity index (χ3n) is 8.41. The van der Waals surface area contributed by atoms with Gasteiger partial charge in [0.2, 0.25) is 0 Å². The summed E-state index contributed by atoms with van der Waals surface area (Å²) in [4.78, 5) is 5.16. The largest absolute Gasteiger partial charge is 0.310 e. The Morgan fingerprint density at radius 1 is 0.697 bits per heavy atom. The molecule has 156 valence electrons. The van der Waals surface area contributed by atoms with Crippen LogP contribution in [0.4, 0.5) is 17.1 Å². The van der Waals surface area contributed by atoms with Crippen molar-refractivity contribution in [3.8, 4) is 0 Å². The van der Waals surface area contributed by atoms with Gasteiger partial charge in [-0.15, -0.1) is 0 Å². The molecule has 3 heterocycles. The van der Waals surface area contributed by atoms with Crippen LogP contribution in [0, 0.1) is 0 Å². The van der Waals surface area contributed by atoms with Gasteiger partial charge in [0.25, 0.3) is 0 Å². The number of benzene rings is 4. The highest BCUT2D eigenvalue weighted by Gasteiger charge is 2.78. The van der Waals surface area contributed by atoms with Crippen molar-refractivity contribution in [3.63, 3.8) is 0 Å². The topological polar surface area (TPSA) is 6.25 Å². The number of nitrogens with zero attached hydrogens (tertiary/aromatic N) is 2. The van der Waals surface area contributed by atoms with Crippen molar-refractivity contribution in [3.05, 3.63) is 131 Å². The van der Waals surface area contributed by atoms with Gasteiger partial charge in [0.15, 0.2) is 0 Å². The van der Waals surface area contributed by atoms with Gasteiger partial charge in [-0.25, -0.2) is 0 Å². The molecular formula is C30H23BN2. The third-order valence-corrected chi connectivity index (χ3v) is 8.41. The number of hydrogen-bond acceptors (Lipinski definition) is 2. The molecule has 3 heteroatoms. The fourth-order valence-electron chi connectivity index (χ4n) is 7.31. The Morgan fingerprint density at radius 3 is 2.09 bits per heavy atom. The third kappa shape index (κ3) is 1.90. The fraction of sp³-hybridized carbons (Fsp3) is 0.133. The summed E-state index contributed by atoms with van der Waals surface area (Å²) in [5.41, 5.74) is 10.8. The average Bonchev–Trinajstić information content (AvgIpc) is 3.17. The summed E-state index contributed by atoms with van der Waals surface area (Å²) in [6, 6.07) is 36.6. The van der Waals surface area contributed by atoms with Gasteiger partial charge in [0, 0.05) is 12.2 Å². The molecule has 0 radical (unpaired) electrons. The van der Waals surface area contributed by atoms with E-state index in [4.69, 9.17) is 0 Å². The van der Waals surface area contributed by atoms with Crippen molar-refractivity contribution < 1.29 is 0 Å². The highest BCUT2D eigenvalue weighted by atomic mass is 15.4. The zero-order valence-corrected chi connectivity index (χ0v) is 18.6. The minimum Gasteiger partial charge on any atom is -0.310 e. The summed E-state index contributed by atoms with van der Waals surface area (Å²) >= 11 is 0.